The van der Waals surface area contributed by atoms with Crippen molar-refractivity contribution in [1.82, 2.24) is 4.57 Å². The van der Waals surface area contributed by atoms with Crippen LogP contribution in [0.1, 0.15) is 64.3 Å². The van der Waals surface area contributed by atoms with Gasteiger partial charge in [-0.25, -0.2) is 9.79 Å². The molecule has 1 atom stereocenters. The Morgan fingerprint density at radius 2 is 1.89 bits per heavy atom. The molecule has 2 aliphatic rings. The quantitative estimate of drug-likeness (QED) is 0.422. The number of furan rings is 1. The molecule has 1 aromatic carbocycles. The van der Waals surface area contributed by atoms with Gasteiger partial charge in [0.25, 0.3) is 5.56 Å². The van der Waals surface area contributed by atoms with Gasteiger partial charge in [0.15, 0.2) is 10.7 Å². The summed E-state index contributed by atoms with van der Waals surface area (Å²) in [5.74, 6) is 1.68. The number of aromatic nitrogens is 1. The molecular weight excluding hydrogens is 502 g/mol. The predicted octanol–water partition coefficient (Wildman–Crippen LogP) is 4.17. The summed E-state index contributed by atoms with van der Waals surface area (Å²) in [5.41, 5.74) is 1.44. The number of nitrogens with zero attached hydrogens (tertiary/aromatic N) is 3. The molecule has 200 valence electrons. The van der Waals surface area contributed by atoms with E-state index in [9.17, 15) is 9.59 Å². The van der Waals surface area contributed by atoms with Crippen molar-refractivity contribution in [2.75, 3.05) is 24.6 Å². The van der Waals surface area contributed by atoms with Gasteiger partial charge in [0.1, 0.15) is 11.5 Å². The Bertz CT molecular complexity index is 1520. The number of hydrogen-bond acceptors (Lipinski definition) is 8. The van der Waals surface area contributed by atoms with Crippen LogP contribution < -0.4 is 24.5 Å². The number of esters is 1. The molecular formula is C29H33N3O5S. The fourth-order valence-corrected chi connectivity index (χ4v) is 5.97. The summed E-state index contributed by atoms with van der Waals surface area (Å²) >= 11 is 1.29. The van der Waals surface area contributed by atoms with Gasteiger partial charge in [-0.1, -0.05) is 23.5 Å². The van der Waals surface area contributed by atoms with Crippen molar-refractivity contribution in [2.24, 2.45) is 4.99 Å². The molecule has 0 saturated carbocycles. The monoisotopic (exact) mass is 535 g/mol. The zero-order chi connectivity index (χ0) is 26.8. The van der Waals surface area contributed by atoms with Gasteiger partial charge in [-0.15, -0.1) is 0 Å². The van der Waals surface area contributed by atoms with Crippen LogP contribution in [-0.4, -0.2) is 36.3 Å². The standard InChI is InChI=1S/C29H33N3O5S/c1-5-35-28(34)25-19(4)30-29-32(26(25)20-9-11-21(12-10-20)36-18(2)3)27(33)23(38-29)17-22-13-14-24(37-22)31-15-7-6-8-16-31/h9-14,17-18,26H,5-8,15-16H2,1-4H3/b23-17-/t26-/m1/s1. The Hall–Kier alpha value is -3.59. The van der Waals surface area contributed by atoms with Crippen LogP contribution in [0.2, 0.25) is 0 Å². The summed E-state index contributed by atoms with van der Waals surface area (Å²) in [5, 5.41) is 0. The first-order valence-corrected chi connectivity index (χ1v) is 14.0. The van der Waals surface area contributed by atoms with E-state index in [0.717, 1.165) is 43.1 Å². The molecule has 8 nitrogen and oxygen atoms in total. The molecule has 1 saturated heterocycles. The number of allylic oxidation sites excluding steroid dienone is 1. The number of rotatable bonds is 7. The average molecular weight is 536 g/mol. The van der Waals surface area contributed by atoms with Crippen LogP contribution in [-0.2, 0) is 9.53 Å². The van der Waals surface area contributed by atoms with Crippen molar-refractivity contribution in [3.63, 3.8) is 0 Å². The Morgan fingerprint density at radius 3 is 2.58 bits per heavy atom. The van der Waals surface area contributed by atoms with Crippen LogP contribution in [0.4, 0.5) is 5.88 Å². The lowest BCUT2D eigenvalue weighted by Gasteiger charge is -2.25. The lowest BCUT2D eigenvalue weighted by molar-refractivity contribution is -0.139. The molecule has 3 aromatic rings. The maximum Gasteiger partial charge on any atom is 0.338 e. The van der Waals surface area contributed by atoms with Gasteiger partial charge >= 0.3 is 5.97 Å². The van der Waals surface area contributed by atoms with E-state index in [1.165, 1.54) is 17.8 Å². The number of carbonyl (C=O) groups is 1. The number of thiazole rings is 1. The minimum Gasteiger partial charge on any atom is -0.491 e. The smallest absolute Gasteiger partial charge is 0.338 e. The molecule has 2 aliphatic heterocycles. The number of anilines is 1. The number of benzene rings is 1. The molecule has 0 unspecified atom stereocenters. The van der Waals surface area contributed by atoms with Crippen LogP contribution in [0.5, 0.6) is 5.75 Å². The third-order valence-electron chi connectivity index (χ3n) is 6.64. The van der Waals surface area contributed by atoms with Gasteiger partial charge in [-0.2, -0.15) is 0 Å². The second-order valence-corrected chi connectivity index (χ2v) is 10.8. The summed E-state index contributed by atoms with van der Waals surface area (Å²) < 4.78 is 19.3. The number of fused-ring (bicyclic) bond motifs is 1. The van der Waals surface area contributed by atoms with Crippen LogP contribution in [0.15, 0.2) is 61.9 Å². The maximum absolute atomic E-state index is 13.8. The molecule has 0 N–H and O–H groups in total. The first-order chi connectivity index (χ1) is 18.4. The number of hydrogen-bond donors (Lipinski definition) is 0. The minimum atomic E-state index is -0.666. The summed E-state index contributed by atoms with van der Waals surface area (Å²) in [6.07, 6.45) is 5.35. The Morgan fingerprint density at radius 1 is 1.16 bits per heavy atom. The first-order valence-electron chi connectivity index (χ1n) is 13.2. The number of ether oxygens (including phenoxy) is 2. The highest BCUT2D eigenvalue weighted by atomic mass is 32.1. The third kappa shape index (κ3) is 5.20. The topological polar surface area (TPSA) is 86.3 Å². The van der Waals surface area contributed by atoms with Crippen LogP contribution >= 0.6 is 11.3 Å². The summed E-state index contributed by atoms with van der Waals surface area (Å²) in [7, 11) is 0. The van der Waals surface area contributed by atoms with Crippen molar-refractivity contribution in [3.8, 4) is 5.75 Å². The van der Waals surface area contributed by atoms with Gasteiger partial charge in [-0.3, -0.25) is 9.36 Å². The van der Waals surface area contributed by atoms with Crippen LogP contribution in [0, 0.1) is 0 Å². The molecule has 4 heterocycles. The predicted molar refractivity (Wildman–Crippen MR) is 147 cm³/mol. The van der Waals surface area contributed by atoms with E-state index >= 15 is 0 Å². The van der Waals surface area contributed by atoms with Gasteiger partial charge < -0.3 is 18.8 Å². The van der Waals surface area contributed by atoms with E-state index in [1.54, 1.807) is 24.5 Å². The average Bonchev–Trinajstić information content (AvgIpc) is 3.48. The van der Waals surface area contributed by atoms with Crippen molar-refractivity contribution in [1.29, 1.82) is 0 Å². The van der Waals surface area contributed by atoms with Gasteiger partial charge in [0.2, 0.25) is 0 Å². The van der Waals surface area contributed by atoms with E-state index in [2.05, 4.69) is 9.89 Å². The third-order valence-corrected chi connectivity index (χ3v) is 7.62. The van der Waals surface area contributed by atoms with Crippen molar-refractivity contribution in [2.45, 2.75) is 59.1 Å². The Labute approximate surface area is 225 Å². The van der Waals surface area contributed by atoms with Gasteiger partial charge in [0, 0.05) is 25.2 Å². The highest BCUT2D eigenvalue weighted by Crippen LogP contribution is 2.32. The molecule has 0 amide bonds. The zero-order valence-corrected chi connectivity index (χ0v) is 23.0. The molecule has 2 aromatic heterocycles. The molecule has 5 rings (SSSR count). The van der Waals surface area contributed by atoms with Crippen molar-refractivity contribution >= 4 is 29.3 Å². The Kier molecular flexibility index (Phi) is 7.56. The van der Waals surface area contributed by atoms with Crippen molar-refractivity contribution in [3.05, 3.63) is 78.7 Å². The molecule has 0 spiro atoms. The van der Waals surface area contributed by atoms with Crippen LogP contribution in [0.3, 0.4) is 0 Å². The van der Waals surface area contributed by atoms with E-state index < -0.39 is 12.0 Å². The first kappa shape index (κ1) is 26.0. The molecule has 9 heteroatoms. The van der Waals surface area contributed by atoms with E-state index in [1.807, 2.05) is 50.2 Å². The summed E-state index contributed by atoms with van der Waals surface area (Å²) in [4.78, 5) is 34.3. The second kappa shape index (κ2) is 11.0. The Balaban J connectivity index is 1.58. The summed E-state index contributed by atoms with van der Waals surface area (Å²) in [6, 6.07) is 10.7. The minimum absolute atomic E-state index is 0.0350. The van der Waals surface area contributed by atoms with Gasteiger partial charge in [-0.05, 0) is 70.7 Å². The fraction of sp³-hybridized carbons (Fsp3) is 0.414. The highest BCUT2D eigenvalue weighted by molar-refractivity contribution is 7.07. The summed E-state index contributed by atoms with van der Waals surface area (Å²) in [6.45, 7) is 9.65. The molecule has 0 aliphatic carbocycles. The lowest BCUT2D eigenvalue weighted by atomic mass is 9.96. The highest BCUT2D eigenvalue weighted by Gasteiger charge is 2.33. The van der Waals surface area contributed by atoms with Gasteiger partial charge in [0.05, 0.1) is 34.6 Å². The maximum atomic E-state index is 13.8. The molecule has 0 radical (unpaired) electrons. The number of piperidine rings is 1. The SMILES string of the molecule is CCOC(=O)C1=C(C)N=c2s/c(=C\c3ccc(N4CCCCC4)o3)c(=O)n2[C@@H]1c1ccc(OC(C)C)cc1. The lowest BCUT2D eigenvalue weighted by Crippen LogP contribution is -2.39. The second-order valence-electron chi connectivity index (χ2n) is 9.76. The molecule has 1 fully saturated rings. The van der Waals surface area contributed by atoms with E-state index in [0.29, 0.717) is 26.4 Å². The normalized spacial score (nSPS) is 18.0. The zero-order valence-electron chi connectivity index (χ0n) is 22.2. The molecule has 38 heavy (non-hydrogen) atoms. The molecule has 0 bridgehead atoms. The van der Waals surface area contributed by atoms with Crippen LogP contribution in [0.25, 0.3) is 6.08 Å². The fourth-order valence-electron chi connectivity index (χ4n) is 4.94. The largest absolute Gasteiger partial charge is 0.491 e. The van der Waals surface area contributed by atoms with Crippen molar-refractivity contribution < 1.29 is 18.7 Å². The number of carbonyl (C=O) groups excluding carboxylic acids is 1. The van der Waals surface area contributed by atoms with E-state index in [-0.39, 0.29) is 18.3 Å². The van der Waals surface area contributed by atoms with E-state index in [4.69, 9.17) is 13.9 Å².